The largest absolute Gasteiger partial charge is 0.465 e. The van der Waals surface area contributed by atoms with E-state index >= 15 is 0 Å². The molecule has 1 aromatic heterocycles. The summed E-state index contributed by atoms with van der Waals surface area (Å²) in [4.78, 5) is 21.6. The van der Waals surface area contributed by atoms with Crippen molar-refractivity contribution in [3.63, 3.8) is 0 Å². The van der Waals surface area contributed by atoms with Crippen LogP contribution in [0.5, 0.6) is 11.5 Å². The molecule has 5 nitrogen and oxygen atoms in total. The first-order valence-corrected chi connectivity index (χ1v) is 13.6. The molecule has 1 atom stereocenters. The first-order chi connectivity index (χ1) is 18.1. The van der Waals surface area contributed by atoms with Gasteiger partial charge in [-0.05, 0) is 91.8 Å². The average Bonchev–Trinajstić information content (AvgIpc) is 2.94. The van der Waals surface area contributed by atoms with Gasteiger partial charge in [0.05, 0.1) is 11.8 Å². The van der Waals surface area contributed by atoms with Crippen molar-refractivity contribution in [3.8, 4) is 22.9 Å². The van der Waals surface area contributed by atoms with Crippen LogP contribution in [0.1, 0.15) is 88.1 Å². The van der Waals surface area contributed by atoms with E-state index in [4.69, 9.17) is 9.47 Å². The average molecular weight is 501 g/mol. The lowest BCUT2D eigenvalue weighted by Gasteiger charge is -2.08. The van der Waals surface area contributed by atoms with Gasteiger partial charge in [-0.15, -0.1) is 0 Å². The van der Waals surface area contributed by atoms with Gasteiger partial charge in [0.25, 0.3) is 0 Å². The Hall–Kier alpha value is -3.47. The number of ether oxygens (including phenoxy) is 2. The van der Waals surface area contributed by atoms with Crippen molar-refractivity contribution < 1.29 is 14.3 Å². The number of carbonyl (C=O) groups is 1. The molecule has 5 heteroatoms. The van der Waals surface area contributed by atoms with Gasteiger partial charge >= 0.3 is 5.97 Å². The number of carbonyl (C=O) groups excluding carboxylic acids is 1. The first-order valence-electron chi connectivity index (χ1n) is 13.6. The number of aryl methyl sites for hydroxylation is 1. The summed E-state index contributed by atoms with van der Waals surface area (Å²) in [6.07, 6.45) is 18.1. The van der Waals surface area contributed by atoms with E-state index in [1.54, 1.807) is 42.7 Å². The van der Waals surface area contributed by atoms with E-state index in [2.05, 4.69) is 30.7 Å². The highest BCUT2D eigenvalue weighted by Crippen LogP contribution is 2.21. The van der Waals surface area contributed by atoms with E-state index < -0.39 is 5.97 Å². The molecule has 0 radical (unpaired) electrons. The summed E-state index contributed by atoms with van der Waals surface area (Å²) >= 11 is 0. The van der Waals surface area contributed by atoms with Gasteiger partial charge in [0.2, 0.25) is 0 Å². The standard InChI is InChI=1S/C32H40N2O3/c1-4-6-7-8-11-22-36-29-18-16-28(17-19-29)32(35)37-30-20-14-27(15-21-30)31-33-23-26(24-34-31)13-10-9-12-25(3)5-2/h11,14-25H,4-10,12-13H2,1-3H3. The normalized spacial score (nSPS) is 12.0. The van der Waals surface area contributed by atoms with E-state index in [0.29, 0.717) is 22.9 Å². The number of rotatable bonds is 15. The predicted molar refractivity (Wildman–Crippen MR) is 150 cm³/mol. The molecular formula is C32H40N2O3. The molecule has 0 aliphatic heterocycles. The zero-order chi connectivity index (χ0) is 26.3. The minimum absolute atomic E-state index is 0.414. The highest BCUT2D eigenvalue weighted by Gasteiger charge is 2.10. The van der Waals surface area contributed by atoms with Crippen LogP contribution in [0.4, 0.5) is 0 Å². The van der Waals surface area contributed by atoms with Gasteiger partial charge in [0.15, 0.2) is 5.82 Å². The van der Waals surface area contributed by atoms with E-state index in [0.717, 1.165) is 29.9 Å². The maximum absolute atomic E-state index is 12.5. The van der Waals surface area contributed by atoms with Gasteiger partial charge in [-0.2, -0.15) is 0 Å². The van der Waals surface area contributed by atoms with Crippen molar-refractivity contribution in [2.45, 2.75) is 78.6 Å². The molecule has 3 rings (SSSR count). The summed E-state index contributed by atoms with van der Waals surface area (Å²) < 4.78 is 11.1. The van der Waals surface area contributed by atoms with Crippen molar-refractivity contribution in [2.24, 2.45) is 5.92 Å². The minimum atomic E-state index is -0.414. The van der Waals surface area contributed by atoms with Crippen LogP contribution in [0.2, 0.25) is 0 Å². The monoisotopic (exact) mass is 500 g/mol. The zero-order valence-corrected chi connectivity index (χ0v) is 22.5. The topological polar surface area (TPSA) is 61.3 Å². The molecule has 0 saturated heterocycles. The molecule has 0 aliphatic carbocycles. The molecule has 0 fully saturated rings. The molecule has 0 spiro atoms. The number of unbranched alkanes of at least 4 members (excludes halogenated alkanes) is 4. The number of benzene rings is 2. The highest BCUT2D eigenvalue weighted by atomic mass is 16.5. The summed E-state index contributed by atoms with van der Waals surface area (Å²) in [7, 11) is 0. The Morgan fingerprint density at radius 1 is 0.892 bits per heavy atom. The zero-order valence-electron chi connectivity index (χ0n) is 22.5. The first kappa shape index (κ1) is 28.1. The molecule has 196 valence electrons. The van der Waals surface area contributed by atoms with E-state index in [1.807, 2.05) is 30.6 Å². The number of nitrogens with zero attached hydrogens (tertiary/aromatic N) is 2. The summed E-state index contributed by atoms with van der Waals surface area (Å²) in [5.74, 6) is 2.21. The Morgan fingerprint density at radius 3 is 2.27 bits per heavy atom. The third kappa shape index (κ3) is 9.83. The number of allylic oxidation sites excluding steroid dienone is 1. The maximum atomic E-state index is 12.5. The second kappa shape index (κ2) is 15.6. The van der Waals surface area contributed by atoms with Crippen molar-refractivity contribution in [2.75, 3.05) is 0 Å². The van der Waals surface area contributed by atoms with E-state index in [-0.39, 0.29) is 0 Å². The highest BCUT2D eigenvalue weighted by molar-refractivity contribution is 5.91. The quantitative estimate of drug-likeness (QED) is 0.0905. The summed E-state index contributed by atoms with van der Waals surface area (Å²) in [5, 5.41) is 0. The van der Waals surface area contributed by atoms with Gasteiger partial charge < -0.3 is 9.47 Å². The van der Waals surface area contributed by atoms with Gasteiger partial charge in [-0.3, -0.25) is 0 Å². The van der Waals surface area contributed by atoms with E-state index in [9.17, 15) is 4.79 Å². The van der Waals surface area contributed by atoms with E-state index in [1.165, 1.54) is 44.9 Å². The summed E-state index contributed by atoms with van der Waals surface area (Å²) in [6.45, 7) is 6.75. The maximum Gasteiger partial charge on any atom is 0.343 e. The van der Waals surface area contributed by atoms with Gasteiger partial charge in [-0.25, -0.2) is 14.8 Å². The lowest BCUT2D eigenvalue weighted by Crippen LogP contribution is -2.08. The molecule has 0 amide bonds. The Morgan fingerprint density at radius 2 is 1.59 bits per heavy atom. The molecule has 37 heavy (non-hydrogen) atoms. The summed E-state index contributed by atoms with van der Waals surface area (Å²) in [6, 6.07) is 14.2. The van der Waals surface area contributed by atoms with Crippen LogP contribution in [-0.4, -0.2) is 15.9 Å². The fraction of sp³-hybridized carbons (Fsp3) is 0.406. The smallest absolute Gasteiger partial charge is 0.343 e. The predicted octanol–water partition coefficient (Wildman–Crippen LogP) is 8.59. The third-order valence-corrected chi connectivity index (χ3v) is 6.50. The number of esters is 1. The van der Waals surface area contributed by atoms with Crippen LogP contribution in [0.3, 0.4) is 0 Å². The molecule has 3 aromatic rings. The lowest BCUT2D eigenvalue weighted by molar-refractivity contribution is 0.0734. The van der Waals surface area contributed by atoms with Gasteiger partial charge in [-0.1, -0.05) is 52.9 Å². The number of hydrogen-bond acceptors (Lipinski definition) is 5. The molecular weight excluding hydrogens is 460 g/mol. The minimum Gasteiger partial charge on any atom is -0.465 e. The van der Waals surface area contributed by atoms with Crippen molar-refractivity contribution in [3.05, 3.63) is 84.4 Å². The molecule has 0 saturated carbocycles. The molecule has 0 bridgehead atoms. The Bertz CT molecular complexity index is 1090. The van der Waals surface area contributed by atoms with Crippen LogP contribution in [0.25, 0.3) is 11.4 Å². The number of aromatic nitrogens is 2. The fourth-order valence-electron chi connectivity index (χ4n) is 3.87. The second-order valence-corrected chi connectivity index (χ2v) is 9.60. The van der Waals surface area contributed by atoms with Crippen molar-refractivity contribution >= 4 is 5.97 Å². The molecule has 0 N–H and O–H groups in total. The van der Waals surface area contributed by atoms with Gasteiger partial charge in [0, 0.05) is 18.0 Å². The van der Waals surface area contributed by atoms with Crippen molar-refractivity contribution in [1.82, 2.24) is 9.97 Å². The fourth-order valence-corrected chi connectivity index (χ4v) is 3.87. The van der Waals surface area contributed by atoms with Crippen LogP contribution in [0.15, 0.2) is 73.3 Å². The number of hydrogen-bond donors (Lipinski definition) is 0. The van der Waals surface area contributed by atoms with Crippen LogP contribution >= 0.6 is 0 Å². The van der Waals surface area contributed by atoms with Crippen LogP contribution in [0, 0.1) is 5.92 Å². The molecule has 2 aromatic carbocycles. The van der Waals surface area contributed by atoms with Crippen molar-refractivity contribution in [1.29, 1.82) is 0 Å². The van der Waals surface area contributed by atoms with Crippen LogP contribution in [-0.2, 0) is 6.42 Å². The Balaban J connectivity index is 1.46. The molecule has 1 unspecified atom stereocenters. The molecule has 0 aliphatic rings. The molecule has 1 heterocycles. The van der Waals surface area contributed by atoms with Gasteiger partial charge in [0.1, 0.15) is 11.5 Å². The third-order valence-electron chi connectivity index (χ3n) is 6.50. The summed E-state index contributed by atoms with van der Waals surface area (Å²) in [5.41, 5.74) is 2.51. The SMILES string of the molecule is CCCCCC=COc1ccc(C(=O)Oc2ccc(-c3ncc(CCCCC(C)CC)cn3)cc2)cc1. The lowest BCUT2D eigenvalue weighted by atomic mass is 10.00. The Labute approximate surface area is 222 Å². The Kier molecular flexibility index (Phi) is 11.9. The second-order valence-electron chi connectivity index (χ2n) is 9.60. The van der Waals surface area contributed by atoms with Crippen LogP contribution < -0.4 is 9.47 Å².